The van der Waals surface area contributed by atoms with Crippen molar-refractivity contribution < 1.29 is 4.79 Å². The predicted octanol–water partition coefficient (Wildman–Crippen LogP) is -0.0284. The van der Waals surface area contributed by atoms with Crippen LogP contribution in [-0.2, 0) is 4.79 Å². The first-order valence-electron chi connectivity index (χ1n) is 4.45. The fraction of sp³-hybridized carbons (Fsp3) is 0.875. The first-order valence-corrected chi connectivity index (χ1v) is 5.60. The number of hydrogen-bond acceptors (Lipinski definition) is 3. The molecule has 0 aromatic rings. The summed E-state index contributed by atoms with van der Waals surface area (Å²) in [6.07, 6.45) is 1.98. The second-order valence-electron chi connectivity index (χ2n) is 3.38. The van der Waals surface area contributed by atoms with Gasteiger partial charge in [0.1, 0.15) is 0 Å². The summed E-state index contributed by atoms with van der Waals surface area (Å²) in [5.74, 6) is 2.44. The van der Waals surface area contributed by atoms with Crippen LogP contribution in [0.2, 0.25) is 0 Å². The average molecular weight is 186 g/mol. The van der Waals surface area contributed by atoms with Crippen LogP contribution in [0.15, 0.2) is 0 Å². The molecule has 0 aliphatic carbocycles. The lowest BCUT2D eigenvalue weighted by molar-refractivity contribution is -0.129. The monoisotopic (exact) mass is 186 g/mol. The van der Waals surface area contributed by atoms with Gasteiger partial charge in [-0.2, -0.15) is 11.8 Å². The smallest absolute Gasteiger partial charge is 0.240 e. The van der Waals surface area contributed by atoms with Gasteiger partial charge in [-0.25, -0.2) is 0 Å². The minimum absolute atomic E-state index is 0.205. The van der Waals surface area contributed by atoms with Crippen molar-refractivity contribution in [2.45, 2.75) is 18.4 Å². The van der Waals surface area contributed by atoms with E-state index in [9.17, 15) is 4.79 Å². The second kappa shape index (κ2) is 3.26. The summed E-state index contributed by atoms with van der Waals surface area (Å²) in [6, 6.07) is 0. The van der Waals surface area contributed by atoms with E-state index in [0.717, 1.165) is 37.4 Å². The number of amides is 1. The predicted molar refractivity (Wildman–Crippen MR) is 50.3 cm³/mol. The van der Waals surface area contributed by atoms with Gasteiger partial charge in [0.05, 0.1) is 5.54 Å². The van der Waals surface area contributed by atoms with E-state index < -0.39 is 0 Å². The molecule has 2 saturated heterocycles. The number of carbonyl (C=O) groups is 1. The summed E-state index contributed by atoms with van der Waals surface area (Å²) in [4.78, 5) is 11.6. The van der Waals surface area contributed by atoms with E-state index in [1.807, 2.05) is 11.8 Å². The Hall–Kier alpha value is -0.220. The molecule has 4 heteroatoms. The lowest BCUT2D eigenvalue weighted by atomic mass is 9.89. The lowest BCUT2D eigenvalue weighted by Crippen LogP contribution is -2.64. The van der Waals surface area contributed by atoms with Gasteiger partial charge in [-0.3, -0.25) is 4.79 Å². The van der Waals surface area contributed by atoms with Crippen LogP contribution in [0.25, 0.3) is 0 Å². The van der Waals surface area contributed by atoms with E-state index in [1.54, 1.807) is 0 Å². The van der Waals surface area contributed by atoms with Gasteiger partial charge in [0.25, 0.3) is 0 Å². The molecule has 2 aliphatic heterocycles. The van der Waals surface area contributed by atoms with Crippen molar-refractivity contribution >= 4 is 17.7 Å². The third-order valence-electron chi connectivity index (χ3n) is 2.65. The van der Waals surface area contributed by atoms with Crippen LogP contribution in [0.1, 0.15) is 12.8 Å². The number of thioether (sulfide) groups is 1. The number of piperazine rings is 1. The van der Waals surface area contributed by atoms with Crippen LogP contribution in [0, 0.1) is 0 Å². The van der Waals surface area contributed by atoms with E-state index in [0.29, 0.717) is 0 Å². The van der Waals surface area contributed by atoms with Gasteiger partial charge >= 0.3 is 0 Å². The number of carbonyl (C=O) groups excluding carboxylic acids is 1. The lowest BCUT2D eigenvalue weighted by Gasteiger charge is -2.39. The summed E-state index contributed by atoms with van der Waals surface area (Å²) in [5.41, 5.74) is -0.205. The molecular weight excluding hydrogens is 172 g/mol. The van der Waals surface area contributed by atoms with Crippen LogP contribution < -0.4 is 10.6 Å². The minimum Gasteiger partial charge on any atom is -0.353 e. The Kier molecular flexibility index (Phi) is 2.28. The molecule has 0 radical (unpaired) electrons. The van der Waals surface area contributed by atoms with Crippen molar-refractivity contribution in [3.05, 3.63) is 0 Å². The number of rotatable bonds is 0. The number of nitrogens with one attached hydrogen (secondary N) is 2. The Balaban J connectivity index is 2.09. The van der Waals surface area contributed by atoms with Gasteiger partial charge in [0.2, 0.25) is 5.91 Å². The first-order chi connectivity index (χ1) is 5.83. The Bertz CT molecular complexity index is 181. The highest BCUT2D eigenvalue weighted by Gasteiger charge is 2.40. The van der Waals surface area contributed by atoms with Crippen LogP contribution in [0.5, 0.6) is 0 Å². The molecule has 2 fully saturated rings. The molecule has 2 N–H and O–H groups in total. The quantitative estimate of drug-likeness (QED) is 0.558. The van der Waals surface area contributed by atoms with Crippen molar-refractivity contribution in [1.82, 2.24) is 10.6 Å². The highest BCUT2D eigenvalue weighted by Crippen LogP contribution is 2.27. The zero-order valence-electron chi connectivity index (χ0n) is 7.06. The average Bonchev–Trinajstić information content (AvgIpc) is 2.12. The molecule has 0 unspecified atom stereocenters. The Labute approximate surface area is 76.7 Å². The molecule has 0 aromatic carbocycles. The maximum atomic E-state index is 11.6. The number of hydrogen-bond donors (Lipinski definition) is 2. The molecule has 2 heterocycles. The van der Waals surface area contributed by atoms with E-state index in [4.69, 9.17) is 0 Å². The molecule has 0 bridgehead atoms. The van der Waals surface area contributed by atoms with Crippen molar-refractivity contribution in [1.29, 1.82) is 0 Å². The highest BCUT2D eigenvalue weighted by molar-refractivity contribution is 7.99. The van der Waals surface area contributed by atoms with Gasteiger partial charge in [0.15, 0.2) is 0 Å². The molecule has 3 nitrogen and oxygen atoms in total. The van der Waals surface area contributed by atoms with Gasteiger partial charge in [0, 0.05) is 13.1 Å². The Morgan fingerprint density at radius 2 is 2.00 bits per heavy atom. The molecule has 0 aromatic heterocycles. The maximum Gasteiger partial charge on any atom is 0.240 e. The third-order valence-corrected chi connectivity index (χ3v) is 3.64. The fourth-order valence-electron chi connectivity index (χ4n) is 1.85. The first kappa shape index (κ1) is 8.38. The minimum atomic E-state index is -0.205. The summed E-state index contributed by atoms with van der Waals surface area (Å²) in [6.45, 7) is 1.71. The largest absolute Gasteiger partial charge is 0.353 e. The van der Waals surface area contributed by atoms with E-state index in [-0.39, 0.29) is 11.4 Å². The van der Waals surface area contributed by atoms with Gasteiger partial charge in [-0.15, -0.1) is 0 Å². The normalized spacial score (nSPS) is 28.5. The Morgan fingerprint density at radius 3 is 2.67 bits per heavy atom. The summed E-state index contributed by atoms with van der Waals surface area (Å²) in [5, 5.41) is 6.29. The van der Waals surface area contributed by atoms with E-state index >= 15 is 0 Å². The van der Waals surface area contributed by atoms with E-state index in [2.05, 4.69) is 10.6 Å². The van der Waals surface area contributed by atoms with Gasteiger partial charge < -0.3 is 10.6 Å². The summed E-state index contributed by atoms with van der Waals surface area (Å²) < 4.78 is 0. The second-order valence-corrected chi connectivity index (χ2v) is 4.60. The van der Waals surface area contributed by atoms with Crippen molar-refractivity contribution in [2.24, 2.45) is 0 Å². The molecular formula is C8H14N2OS. The van der Waals surface area contributed by atoms with Crippen molar-refractivity contribution in [3.8, 4) is 0 Å². The standard InChI is InChI=1S/C8H14N2OS/c11-7-8(10-4-3-9-7)1-5-12-6-2-8/h10H,1-6H2,(H,9,11). The third kappa shape index (κ3) is 1.33. The molecule has 2 rings (SSSR count). The molecule has 2 aliphatic rings. The zero-order valence-corrected chi connectivity index (χ0v) is 7.88. The highest BCUT2D eigenvalue weighted by atomic mass is 32.2. The Morgan fingerprint density at radius 1 is 1.25 bits per heavy atom. The molecule has 68 valence electrons. The van der Waals surface area contributed by atoms with Crippen molar-refractivity contribution in [2.75, 3.05) is 24.6 Å². The van der Waals surface area contributed by atoms with Crippen LogP contribution in [0.3, 0.4) is 0 Å². The van der Waals surface area contributed by atoms with Crippen molar-refractivity contribution in [3.63, 3.8) is 0 Å². The summed E-state index contributed by atoms with van der Waals surface area (Å²) >= 11 is 1.94. The molecule has 12 heavy (non-hydrogen) atoms. The molecule has 0 saturated carbocycles. The fourth-order valence-corrected chi connectivity index (χ4v) is 3.04. The molecule has 1 spiro atoms. The SMILES string of the molecule is O=C1NCCNC12CCSCC2. The van der Waals surface area contributed by atoms with Crippen LogP contribution >= 0.6 is 11.8 Å². The topological polar surface area (TPSA) is 41.1 Å². The maximum absolute atomic E-state index is 11.6. The van der Waals surface area contributed by atoms with Crippen LogP contribution in [0.4, 0.5) is 0 Å². The summed E-state index contributed by atoms with van der Waals surface area (Å²) in [7, 11) is 0. The molecule has 1 amide bonds. The van der Waals surface area contributed by atoms with Gasteiger partial charge in [-0.1, -0.05) is 0 Å². The van der Waals surface area contributed by atoms with E-state index in [1.165, 1.54) is 0 Å². The zero-order chi connectivity index (χ0) is 8.44. The van der Waals surface area contributed by atoms with Crippen LogP contribution in [-0.4, -0.2) is 36.0 Å². The van der Waals surface area contributed by atoms with Gasteiger partial charge in [-0.05, 0) is 24.3 Å². The molecule has 0 atom stereocenters.